The first-order chi connectivity index (χ1) is 20.7. The van der Waals surface area contributed by atoms with E-state index in [-0.39, 0.29) is 17.0 Å². The topological polar surface area (TPSA) is 90.4 Å². The number of rotatable bonds is 7. The van der Waals surface area contributed by atoms with Gasteiger partial charge in [0, 0.05) is 41.2 Å². The van der Waals surface area contributed by atoms with Crippen molar-refractivity contribution in [2.45, 2.75) is 96.9 Å². The molecule has 9 heteroatoms. The van der Waals surface area contributed by atoms with Gasteiger partial charge in [-0.05, 0) is 84.9 Å². The fourth-order valence-corrected chi connectivity index (χ4v) is 6.53. The van der Waals surface area contributed by atoms with Crippen LogP contribution in [0.3, 0.4) is 0 Å². The van der Waals surface area contributed by atoms with Crippen molar-refractivity contribution in [3.8, 4) is 5.75 Å². The number of methoxy groups -OCH3 is 1. The van der Waals surface area contributed by atoms with E-state index in [0.717, 1.165) is 30.4 Å². The molecule has 2 aliphatic rings. The van der Waals surface area contributed by atoms with Crippen LogP contribution >= 0.6 is 0 Å². The van der Waals surface area contributed by atoms with E-state index in [2.05, 4.69) is 37.7 Å². The van der Waals surface area contributed by atoms with E-state index in [9.17, 15) is 9.59 Å². The summed E-state index contributed by atoms with van der Waals surface area (Å²) in [7, 11) is 1.35. The summed E-state index contributed by atoms with van der Waals surface area (Å²) < 4.78 is 17.2. The highest BCUT2D eigenvalue weighted by Crippen LogP contribution is 2.47. The van der Waals surface area contributed by atoms with Crippen LogP contribution in [-0.4, -0.2) is 59.1 Å². The van der Waals surface area contributed by atoms with Crippen LogP contribution in [0.15, 0.2) is 48.7 Å². The number of hydroxylamine groups is 2. The molecule has 1 unspecified atom stereocenters. The Hall–Kier alpha value is -3.69. The minimum atomic E-state index is -0.684. The first-order valence-corrected chi connectivity index (χ1v) is 15.4. The molecule has 9 nitrogen and oxygen atoms in total. The van der Waals surface area contributed by atoms with Gasteiger partial charge in [0.25, 0.3) is 0 Å². The molecule has 0 bridgehead atoms. The summed E-state index contributed by atoms with van der Waals surface area (Å²) in [5.74, 6) is -0.200. The van der Waals surface area contributed by atoms with Gasteiger partial charge < -0.3 is 14.2 Å². The number of pyridine rings is 1. The molecule has 1 fully saturated rings. The van der Waals surface area contributed by atoms with Gasteiger partial charge in [-0.2, -0.15) is 5.06 Å². The Morgan fingerprint density at radius 2 is 1.70 bits per heavy atom. The number of fused-ring (bicyclic) bond motifs is 3. The number of aromatic nitrogens is 1. The number of carbonyl (C=O) groups is 2. The van der Waals surface area contributed by atoms with Crippen molar-refractivity contribution in [3.63, 3.8) is 0 Å². The maximum atomic E-state index is 13.7. The third-order valence-electron chi connectivity index (χ3n) is 8.41. The monoisotopic (exact) mass is 603 g/mol. The summed E-state index contributed by atoms with van der Waals surface area (Å²) in [5, 5.41) is 2.85. The largest absolute Gasteiger partial charge is 0.487 e. The van der Waals surface area contributed by atoms with Gasteiger partial charge >= 0.3 is 12.1 Å². The molecule has 0 spiro atoms. The highest BCUT2D eigenvalue weighted by molar-refractivity contribution is 6.03. The molecule has 0 saturated carbocycles. The van der Waals surface area contributed by atoms with Crippen molar-refractivity contribution in [3.05, 3.63) is 65.4 Å². The van der Waals surface area contributed by atoms with E-state index < -0.39 is 17.7 Å². The number of benzene rings is 2. The second kappa shape index (κ2) is 12.0. The van der Waals surface area contributed by atoms with Crippen molar-refractivity contribution >= 4 is 28.7 Å². The predicted octanol–water partition coefficient (Wildman–Crippen LogP) is 7.41. The second-order valence-corrected chi connectivity index (χ2v) is 14.0. The van der Waals surface area contributed by atoms with Crippen LogP contribution in [0.25, 0.3) is 10.9 Å². The highest BCUT2D eigenvalue weighted by atomic mass is 16.7. The number of hydrogen-bond acceptors (Lipinski definition) is 8. The number of ether oxygens (including phenoxy) is 3. The molecule has 236 valence electrons. The summed E-state index contributed by atoms with van der Waals surface area (Å²) >= 11 is 0. The van der Waals surface area contributed by atoms with Gasteiger partial charge in [-0.25, -0.2) is 9.59 Å². The molecule has 0 N–H and O–H groups in total. The van der Waals surface area contributed by atoms with E-state index >= 15 is 0 Å². The lowest BCUT2D eigenvalue weighted by molar-refractivity contribution is -0.282. The van der Waals surface area contributed by atoms with Crippen LogP contribution in [0.1, 0.15) is 95.1 Å². The van der Waals surface area contributed by atoms with E-state index in [1.807, 2.05) is 57.2 Å². The van der Waals surface area contributed by atoms with Gasteiger partial charge in [-0.3, -0.25) is 14.7 Å². The van der Waals surface area contributed by atoms with Gasteiger partial charge in [-0.15, -0.1) is 0 Å². The molecule has 0 radical (unpaired) electrons. The van der Waals surface area contributed by atoms with Crippen molar-refractivity contribution < 1.29 is 28.6 Å². The summed E-state index contributed by atoms with van der Waals surface area (Å²) in [5.41, 5.74) is 2.45. The third-order valence-corrected chi connectivity index (χ3v) is 8.41. The quantitative estimate of drug-likeness (QED) is 0.258. The standard InChI is InChI=1S/C35H45N3O6/c1-33(2,3)44-32(40)37-20-25(22-43-38-34(4,5)15-12-16-35(38,6)7)29-26-17-24(31(39)41-8)19-36-30(26)28(18-27(29)37)42-21-23-13-10-9-11-14-23/h9-11,13-14,17-19,25H,12,15-16,20-22H2,1-8H3. The summed E-state index contributed by atoms with van der Waals surface area (Å²) in [6.45, 7) is 15.4. The molecule has 2 aliphatic heterocycles. The maximum absolute atomic E-state index is 13.7. The fraction of sp³-hybridized carbons (Fsp3) is 0.514. The van der Waals surface area contributed by atoms with Crippen molar-refractivity contribution in [1.82, 2.24) is 10.0 Å². The van der Waals surface area contributed by atoms with Crippen molar-refractivity contribution in [2.75, 3.05) is 25.2 Å². The zero-order valence-electron chi connectivity index (χ0n) is 27.2. The lowest BCUT2D eigenvalue weighted by Gasteiger charge is -2.51. The highest BCUT2D eigenvalue weighted by Gasteiger charge is 2.44. The lowest BCUT2D eigenvalue weighted by atomic mass is 9.82. The van der Waals surface area contributed by atoms with E-state index in [1.54, 1.807) is 11.0 Å². The fourth-order valence-electron chi connectivity index (χ4n) is 6.53. The number of anilines is 1. The maximum Gasteiger partial charge on any atom is 0.414 e. The molecule has 1 aromatic heterocycles. The Morgan fingerprint density at radius 1 is 1.02 bits per heavy atom. The zero-order valence-corrected chi connectivity index (χ0v) is 27.2. The summed E-state index contributed by atoms with van der Waals surface area (Å²) in [4.78, 5) is 39.3. The molecular formula is C35H45N3O6. The van der Waals surface area contributed by atoms with Crippen LogP contribution in [0.4, 0.5) is 10.5 Å². The van der Waals surface area contributed by atoms with Gasteiger partial charge in [0.05, 0.1) is 25.0 Å². The van der Waals surface area contributed by atoms with Crippen LogP contribution in [0.5, 0.6) is 5.75 Å². The molecule has 0 aliphatic carbocycles. The Balaban J connectivity index is 1.61. The number of carbonyl (C=O) groups excluding carboxylic acids is 2. The minimum absolute atomic E-state index is 0.148. The second-order valence-electron chi connectivity index (χ2n) is 14.0. The SMILES string of the molecule is COC(=O)c1cnc2c(OCc3ccccc3)cc3c(c2c1)C(CON1C(C)(C)CCCC1(C)C)CN3C(=O)OC(C)(C)C. The lowest BCUT2D eigenvalue weighted by Crippen LogP contribution is -2.58. The van der Waals surface area contributed by atoms with E-state index in [1.165, 1.54) is 13.3 Å². The average Bonchev–Trinajstić information content (AvgIpc) is 3.32. The normalized spacial score (nSPS) is 19.5. The van der Waals surface area contributed by atoms with Crippen molar-refractivity contribution in [2.24, 2.45) is 0 Å². The van der Waals surface area contributed by atoms with Crippen LogP contribution in [0.2, 0.25) is 0 Å². The number of hydrogen-bond donors (Lipinski definition) is 0. The molecule has 44 heavy (non-hydrogen) atoms. The van der Waals surface area contributed by atoms with Gasteiger partial charge in [0.2, 0.25) is 0 Å². The Labute approximate surface area is 260 Å². The van der Waals surface area contributed by atoms with Gasteiger partial charge in [0.15, 0.2) is 0 Å². The summed E-state index contributed by atoms with van der Waals surface area (Å²) in [6, 6.07) is 13.5. The third kappa shape index (κ3) is 6.54. The van der Waals surface area contributed by atoms with E-state index in [4.69, 9.17) is 19.0 Å². The summed E-state index contributed by atoms with van der Waals surface area (Å²) in [6.07, 6.45) is 4.24. The molecule has 1 amide bonds. The first kappa shape index (κ1) is 31.7. The van der Waals surface area contributed by atoms with Crippen LogP contribution in [-0.2, 0) is 20.9 Å². The number of esters is 1. The predicted molar refractivity (Wildman–Crippen MR) is 170 cm³/mol. The van der Waals surface area contributed by atoms with E-state index in [0.29, 0.717) is 47.7 Å². The molecule has 3 heterocycles. The Bertz CT molecular complexity index is 1510. The number of nitrogens with zero attached hydrogens (tertiary/aromatic N) is 3. The van der Waals surface area contributed by atoms with Gasteiger partial charge in [-0.1, -0.05) is 30.3 Å². The van der Waals surface area contributed by atoms with Gasteiger partial charge in [0.1, 0.15) is 23.5 Å². The minimum Gasteiger partial charge on any atom is -0.487 e. The molecule has 1 saturated heterocycles. The van der Waals surface area contributed by atoms with Crippen LogP contribution < -0.4 is 9.64 Å². The van der Waals surface area contributed by atoms with Crippen molar-refractivity contribution in [1.29, 1.82) is 0 Å². The van der Waals surface area contributed by atoms with Crippen LogP contribution in [0, 0.1) is 0 Å². The number of amides is 1. The molecule has 2 aromatic carbocycles. The smallest absolute Gasteiger partial charge is 0.414 e. The molecule has 5 rings (SSSR count). The first-order valence-electron chi connectivity index (χ1n) is 15.4. The molecular weight excluding hydrogens is 558 g/mol. The molecule has 3 aromatic rings. The molecule has 1 atom stereocenters. The Kier molecular flexibility index (Phi) is 8.66. The number of piperidine rings is 1. The average molecular weight is 604 g/mol. The Morgan fingerprint density at radius 3 is 2.34 bits per heavy atom. The zero-order chi connectivity index (χ0) is 31.9.